The van der Waals surface area contributed by atoms with Crippen LogP contribution in [0.2, 0.25) is 0 Å². The molecule has 0 spiro atoms. The van der Waals surface area contributed by atoms with Crippen molar-refractivity contribution >= 4 is 74.6 Å². The third-order valence-electron chi connectivity index (χ3n) is 11.2. The Morgan fingerprint density at radius 2 is 0.792 bits per heavy atom. The molecule has 3 aromatic heterocycles. The second-order valence-corrected chi connectivity index (χ2v) is 15.2. The Labute approximate surface area is 310 Å². The zero-order chi connectivity index (χ0) is 35.2. The van der Waals surface area contributed by atoms with Gasteiger partial charge in [-0.15, -0.1) is 11.3 Å². The number of hydrogen-bond donors (Lipinski definition) is 0. The van der Waals surface area contributed by atoms with E-state index in [1.54, 1.807) is 0 Å². The molecule has 0 atom stereocenters. The fourth-order valence-corrected chi connectivity index (χ4v) is 9.97. The molecule has 0 amide bonds. The Balaban J connectivity index is 1.23. The smallest absolute Gasteiger partial charge is 0.0984 e. The highest BCUT2D eigenvalue weighted by Gasteiger charge is 2.22. The molecule has 0 aliphatic carbocycles. The van der Waals surface area contributed by atoms with Gasteiger partial charge in [0.25, 0.3) is 0 Å². The first kappa shape index (κ1) is 30.2. The van der Waals surface area contributed by atoms with Crippen LogP contribution >= 0.6 is 11.3 Å². The molecule has 0 aliphatic rings. The van der Waals surface area contributed by atoms with Gasteiger partial charge in [-0.05, 0) is 109 Å². The van der Waals surface area contributed by atoms with Gasteiger partial charge in [-0.25, -0.2) is 0 Å². The first-order chi connectivity index (χ1) is 26.2. The predicted octanol–water partition coefficient (Wildman–Crippen LogP) is 15.1. The van der Waals surface area contributed by atoms with Crippen LogP contribution in [-0.2, 0) is 0 Å². The van der Waals surface area contributed by atoms with Gasteiger partial charge in [-0.1, -0.05) is 115 Å². The molecule has 250 valence electrons. The van der Waals surface area contributed by atoms with Crippen LogP contribution in [0.4, 0.5) is 0 Å². The van der Waals surface area contributed by atoms with E-state index in [2.05, 4.69) is 147 Å². The number of benzene rings is 8. The van der Waals surface area contributed by atoms with E-state index in [9.17, 15) is 0 Å². The van der Waals surface area contributed by atoms with Gasteiger partial charge < -0.3 is 8.83 Å². The molecule has 0 bridgehead atoms. The summed E-state index contributed by atoms with van der Waals surface area (Å²) >= 11 is 1.88. The summed E-state index contributed by atoms with van der Waals surface area (Å²) in [6.45, 7) is 4.26. The van der Waals surface area contributed by atoms with E-state index in [0.717, 1.165) is 22.3 Å². The average Bonchev–Trinajstić information content (AvgIpc) is 3.93. The Morgan fingerprint density at radius 1 is 0.358 bits per heavy atom. The monoisotopic (exact) mass is 696 g/mol. The molecule has 8 aromatic carbocycles. The summed E-state index contributed by atoms with van der Waals surface area (Å²) in [5, 5.41) is 12.5. The second kappa shape index (κ2) is 11.5. The van der Waals surface area contributed by atoms with Crippen molar-refractivity contribution in [3.05, 3.63) is 170 Å². The Kier molecular flexibility index (Phi) is 6.58. The highest BCUT2D eigenvalue weighted by Crippen LogP contribution is 2.50. The molecule has 11 aromatic rings. The maximum atomic E-state index is 5.74. The van der Waals surface area contributed by atoms with Gasteiger partial charge >= 0.3 is 0 Å². The van der Waals surface area contributed by atoms with Gasteiger partial charge in [-0.2, -0.15) is 0 Å². The molecule has 0 aliphatic heterocycles. The van der Waals surface area contributed by atoms with Crippen LogP contribution in [0.25, 0.3) is 108 Å². The first-order valence-electron chi connectivity index (χ1n) is 18.0. The molecular weight excluding hydrogens is 665 g/mol. The lowest BCUT2D eigenvalue weighted by Crippen LogP contribution is -1.91. The third-order valence-corrected chi connectivity index (χ3v) is 12.3. The molecule has 0 fully saturated rings. The molecule has 53 heavy (non-hydrogen) atoms. The summed E-state index contributed by atoms with van der Waals surface area (Å²) in [6.07, 6.45) is 7.48. The molecule has 0 N–H and O–H groups in total. The van der Waals surface area contributed by atoms with E-state index < -0.39 is 0 Å². The number of aryl methyl sites for hydroxylation is 2. The van der Waals surface area contributed by atoms with Crippen LogP contribution in [0.15, 0.2) is 167 Å². The number of furan rings is 2. The van der Waals surface area contributed by atoms with Gasteiger partial charge in [-0.3, -0.25) is 0 Å². The van der Waals surface area contributed by atoms with Crippen molar-refractivity contribution in [3.63, 3.8) is 0 Å². The summed E-state index contributed by atoms with van der Waals surface area (Å²) in [5.74, 6) is 0. The molecular formula is C50H32O2S. The van der Waals surface area contributed by atoms with E-state index in [0.29, 0.717) is 0 Å². The van der Waals surface area contributed by atoms with Crippen molar-refractivity contribution < 1.29 is 8.83 Å². The summed E-state index contributed by atoms with van der Waals surface area (Å²) in [4.78, 5) is 0. The Hall–Kier alpha value is -6.42. The number of thiophene rings is 1. The quantitative estimate of drug-likeness (QED) is 0.171. The van der Waals surface area contributed by atoms with Gasteiger partial charge in [0.15, 0.2) is 0 Å². The lowest BCUT2D eigenvalue weighted by atomic mass is 9.84. The Morgan fingerprint density at radius 3 is 1.23 bits per heavy atom. The SMILES string of the molecule is Cc1cocc1-c1c2ccccc2c(-c2ccc3sc4cccc(-c5c6ccccc6c(-c6cocc6C)c6ccccc56)c4c3c2)c2ccccc12. The van der Waals surface area contributed by atoms with Gasteiger partial charge in [0.05, 0.1) is 25.1 Å². The van der Waals surface area contributed by atoms with Gasteiger partial charge in [0, 0.05) is 42.4 Å². The molecule has 2 nitrogen and oxygen atoms in total. The van der Waals surface area contributed by atoms with E-state index >= 15 is 0 Å². The number of rotatable bonds is 4. The summed E-state index contributed by atoms with van der Waals surface area (Å²) in [7, 11) is 0. The van der Waals surface area contributed by atoms with E-state index in [1.165, 1.54) is 96.6 Å². The standard InChI is InChI=1S/C50H32O2S/c1-29-25-51-27-42(29)48-34-14-5-3-12-32(34)46(33-13-4-6-15-35(33)48)31-22-23-44-41(24-31)50-40(20-11-21-45(50)53-44)47-36-16-7-9-18-38(36)49(43-28-52-26-30(43)2)39-19-10-8-17-37(39)47/h3-28H,1-2H3. The fraction of sp³-hybridized carbons (Fsp3) is 0.0400. The summed E-state index contributed by atoms with van der Waals surface area (Å²) < 4.78 is 14.0. The predicted molar refractivity (Wildman–Crippen MR) is 225 cm³/mol. The maximum Gasteiger partial charge on any atom is 0.0984 e. The second-order valence-electron chi connectivity index (χ2n) is 14.1. The summed E-state index contributed by atoms with van der Waals surface area (Å²) in [6, 6.07) is 49.4. The van der Waals surface area contributed by atoms with Crippen LogP contribution in [0.5, 0.6) is 0 Å². The maximum absolute atomic E-state index is 5.74. The fourth-order valence-electron chi connectivity index (χ4n) is 8.86. The minimum atomic E-state index is 1.14. The van der Waals surface area contributed by atoms with E-state index in [-0.39, 0.29) is 0 Å². The zero-order valence-electron chi connectivity index (χ0n) is 29.2. The van der Waals surface area contributed by atoms with E-state index in [1.807, 2.05) is 36.4 Å². The molecule has 3 heterocycles. The van der Waals surface area contributed by atoms with Gasteiger partial charge in [0.2, 0.25) is 0 Å². The van der Waals surface area contributed by atoms with Crippen molar-refractivity contribution in [1.82, 2.24) is 0 Å². The molecule has 0 saturated carbocycles. The molecule has 11 rings (SSSR count). The molecule has 0 saturated heterocycles. The van der Waals surface area contributed by atoms with Crippen molar-refractivity contribution in [2.24, 2.45) is 0 Å². The minimum absolute atomic E-state index is 1.14. The minimum Gasteiger partial charge on any atom is -0.472 e. The van der Waals surface area contributed by atoms with Crippen molar-refractivity contribution in [3.8, 4) is 44.5 Å². The molecule has 0 unspecified atom stereocenters. The lowest BCUT2D eigenvalue weighted by Gasteiger charge is -2.18. The van der Waals surface area contributed by atoms with Crippen molar-refractivity contribution in [1.29, 1.82) is 0 Å². The van der Waals surface area contributed by atoms with Crippen molar-refractivity contribution in [2.45, 2.75) is 13.8 Å². The lowest BCUT2D eigenvalue weighted by molar-refractivity contribution is 0.566. The largest absolute Gasteiger partial charge is 0.472 e. The number of fused-ring (bicyclic) bond motifs is 7. The van der Waals surface area contributed by atoms with E-state index in [4.69, 9.17) is 8.83 Å². The highest BCUT2D eigenvalue weighted by atomic mass is 32.1. The first-order valence-corrected chi connectivity index (χ1v) is 18.9. The third kappa shape index (κ3) is 4.38. The van der Waals surface area contributed by atoms with Crippen LogP contribution in [-0.4, -0.2) is 0 Å². The van der Waals surface area contributed by atoms with Crippen LogP contribution < -0.4 is 0 Å². The average molecular weight is 697 g/mol. The van der Waals surface area contributed by atoms with Crippen LogP contribution in [0.1, 0.15) is 11.1 Å². The van der Waals surface area contributed by atoms with Gasteiger partial charge in [0.1, 0.15) is 0 Å². The summed E-state index contributed by atoms with van der Waals surface area (Å²) in [5.41, 5.74) is 12.0. The van der Waals surface area contributed by atoms with Crippen molar-refractivity contribution in [2.75, 3.05) is 0 Å². The highest BCUT2D eigenvalue weighted by molar-refractivity contribution is 7.26. The Bertz CT molecular complexity index is 3150. The topological polar surface area (TPSA) is 26.3 Å². The van der Waals surface area contributed by atoms with Crippen LogP contribution in [0, 0.1) is 13.8 Å². The normalized spacial score (nSPS) is 12.0. The van der Waals surface area contributed by atoms with Crippen LogP contribution in [0.3, 0.4) is 0 Å². The molecule has 0 radical (unpaired) electrons. The zero-order valence-corrected chi connectivity index (χ0v) is 30.1. The number of hydrogen-bond acceptors (Lipinski definition) is 3. The molecule has 3 heteroatoms.